The third kappa shape index (κ3) is 6.21. The summed E-state index contributed by atoms with van der Waals surface area (Å²) in [6.07, 6.45) is 2.53. The van der Waals surface area contributed by atoms with E-state index in [-0.39, 0.29) is 17.9 Å². The molecule has 1 aromatic carbocycles. The van der Waals surface area contributed by atoms with Gasteiger partial charge in [-0.1, -0.05) is 41.4 Å². The largest absolute Gasteiger partial charge is 0.494 e. The van der Waals surface area contributed by atoms with Gasteiger partial charge in [0, 0.05) is 25.6 Å². The van der Waals surface area contributed by atoms with Crippen LogP contribution in [0.5, 0.6) is 5.75 Å². The molecular formula is C17H22Cl2N2O3. The summed E-state index contributed by atoms with van der Waals surface area (Å²) in [7, 11) is 0. The monoisotopic (exact) mass is 372 g/mol. The van der Waals surface area contributed by atoms with Crippen LogP contribution in [0.15, 0.2) is 30.3 Å². The predicted octanol–water partition coefficient (Wildman–Crippen LogP) is 2.76. The van der Waals surface area contributed by atoms with Crippen molar-refractivity contribution in [3.05, 3.63) is 30.3 Å². The summed E-state index contributed by atoms with van der Waals surface area (Å²) in [5.41, 5.74) is 0. The minimum atomic E-state index is -1.01. The molecule has 2 amide bonds. The van der Waals surface area contributed by atoms with Crippen molar-refractivity contribution >= 4 is 35.0 Å². The Morgan fingerprint density at radius 1 is 1.21 bits per heavy atom. The summed E-state index contributed by atoms with van der Waals surface area (Å²) >= 11 is 11.2. The van der Waals surface area contributed by atoms with Crippen LogP contribution in [0.4, 0.5) is 0 Å². The zero-order valence-corrected chi connectivity index (χ0v) is 14.9. The van der Waals surface area contributed by atoms with E-state index >= 15 is 0 Å². The van der Waals surface area contributed by atoms with Gasteiger partial charge in [0.2, 0.25) is 5.91 Å². The van der Waals surface area contributed by atoms with Crippen LogP contribution in [0.1, 0.15) is 25.7 Å². The van der Waals surface area contributed by atoms with Gasteiger partial charge in [0.05, 0.1) is 6.61 Å². The van der Waals surface area contributed by atoms with E-state index in [1.54, 1.807) is 4.90 Å². The molecule has 0 atom stereocenters. The highest BCUT2D eigenvalue weighted by atomic mass is 35.5. The van der Waals surface area contributed by atoms with Crippen LogP contribution in [0.25, 0.3) is 0 Å². The van der Waals surface area contributed by atoms with Gasteiger partial charge in [-0.15, -0.1) is 0 Å². The molecule has 5 nitrogen and oxygen atoms in total. The van der Waals surface area contributed by atoms with Crippen LogP contribution in [-0.4, -0.2) is 47.3 Å². The lowest BCUT2D eigenvalue weighted by atomic mass is 10.0. The molecule has 2 rings (SSSR count). The maximum absolute atomic E-state index is 12.0. The number of alkyl halides is 2. The highest BCUT2D eigenvalue weighted by Gasteiger charge is 2.26. The van der Waals surface area contributed by atoms with Gasteiger partial charge in [-0.25, -0.2) is 0 Å². The van der Waals surface area contributed by atoms with E-state index in [9.17, 15) is 9.59 Å². The molecule has 1 fully saturated rings. The Balaban J connectivity index is 1.59. The molecule has 0 radical (unpaired) electrons. The van der Waals surface area contributed by atoms with Crippen molar-refractivity contribution in [2.45, 2.75) is 36.6 Å². The van der Waals surface area contributed by atoms with E-state index in [2.05, 4.69) is 5.32 Å². The molecule has 1 aliphatic heterocycles. The maximum Gasteiger partial charge on any atom is 0.255 e. The first kappa shape index (κ1) is 18.9. The quantitative estimate of drug-likeness (QED) is 0.591. The Kier molecular flexibility index (Phi) is 7.66. The van der Waals surface area contributed by atoms with Gasteiger partial charge in [-0.3, -0.25) is 9.59 Å². The number of likely N-dealkylation sites (tertiary alicyclic amines) is 1. The molecule has 132 valence electrons. The van der Waals surface area contributed by atoms with Gasteiger partial charge < -0.3 is 15.0 Å². The topological polar surface area (TPSA) is 58.6 Å². The number of nitrogens with zero attached hydrogens (tertiary/aromatic N) is 1. The fourth-order valence-electron chi connectivity index (χ4n) is 2.62. The van der Waals surface area contributed by atoms with Crippen molar-refractivity contribution in [1.82, 2.24) is 10.2 Å². The summed E-state index contributed by atoms with van der Waals surface area (Å²) in [6, 6.07) is 9.63. The number of nitrogens with one attached hydrogen (secondary N) is 1. The number of hydrogen-bond donors (Lipinski definition) is 1. The zero-order chi connectivity index (χ0) is 17.4. The lowest BCUT2D eigenvalue weighted by Crippen LogP contribution is -2.47. The van der Waals surface area contributed by atoms with Crippen LogP contribution >= 0.6 is 23.2 Å². The maximum atomic E-state index is 12.0. The fourth-order valence-corrected chi connectivity index (χ4v) is 2.90. The van der Waals surface area contributed by atoms with E-state index in [4.69, 9.17) is 27.9 Å². The summed E-state index contributed by atoms with van der Waals surface area (Å²) in [4.78, 5) is 24.3. The SMILES string of the molecule is O=C(CCCOc1ccccc1)NC1CCN(C(=O)C(Cl)Cl)CC1. The molecule has 0 saturated carbocycles. The number of amides is 2. The summed E-state index contributed by atoms with van der Waals surface area (Å²) in [5.74, 6) is 0.567. The molecular weight excluding hydrogens is 351 g/mol. The Labute approximate surface area is 152 Å². The number of halogens is 2. The Morgan fingerprint density at radius 3 is 2.50 bits per heavy atom. The summed E-state index contributed by atoms with van der Waals surface area (Å²) in [6.45, 7) is 1.64. The van der Waals surface area contributed by atoms with Crippen molar-refractivity contribution in [3.63, 3.8) is 0 Å². The molecule has 0 bridgehead atoms. The fraction of sp³-hybridized carbons (Fsp3) is 0.529. The second kappa shape index (κ2) is 9.74. The van der Waals surface area contributed by atoms with Crippen LogP contribution in [0.2, 0.25) is 0 Å². The highest BCUT2D eigenvalue weighted by molar-refractivity contribution is 6.53. The van der Waals surface area contributed by atoms with Gasteiger partial charge in [-0.05, 0) is 31.4 Å². The zero-order valence-electron chi connectivity index (χ0n) is 13.4. The first-order chi connectivity index (χ1) is 11.6. The number of carbonyl (C=O) groups is 2. The first-order valence-corrected chi connectivity index (χ1v) is 8.97. The molecule has 1 N–H and O–H groups in total. The predicted molar refractivity (Wildman–Crippen MR) is 94.4 cm³/mol. The van der Waals surface area contributed by atoms with Crippen LogP contribution in [-0.2, 0) is 9.59 Å². The number of para-hydroxylation sites is 1. The number of ether oxygens (including phenoxy) is 1. The normalized spacial score (nSPS) is 15.4. The third-order valence-corrected chi connectivity index (χ3v) is 4.29. The average Bonchev–Trinajstić information content (AvgIpc) is 2.59. The smallest absolute Gasteiger partial charge is 0.255 e. The van der Waals surface area contributed by atoms with Gasteiger partial charge >= 0.3 is 0 Å². The van der Waals surface area contributed by atoms with Crippen LogP contribution in [0, 0.1) is 0 Å². The third-order valence-electron chi connectivity index (χ3n) is 3.92. The highest BCUT2D eigenvalue weighted by Crippen LogP contribution is 2.15. The lowest BCUT2D eigenvalue weighted by Gasteiger charge is -2.32. The second-order valence-corrected chi connectivity index (χ2v) is 6.83. The van der Waals surface area contributed by atoms with E-state index in [0.29, 0.717) is 32.5 Å². The Morgan fingerprint density at radius 2 is 1.88 bits per heavy atom. The van der Waals surface area contributed by atoms with E-state index in [1.807, 2.05) is 30.3 Å². The Bertz CT molecular complexity index is 532. The molecule has 0 aromatic heterocycles. The molecule has 0 aliphatic carbocycles. The minimum absolute atomic E-state index is 0.0176. The molecule has 1 aliphatic rings. The molecule has 0 spiro atoms. The van der Waals surface area contributed by atoms with Gasteiger partial charge in [0.15, 0.2) is 4.84 Å². The lowest BCUT2D eigenvalue weighted by molar-refractivity contribution is -0.130. The van der Waals surface area contributed by atoms with Crippen molar-refractivity contribution in [3.8, 4) is 5.75 Å². The van der Waals surface area contributed by atoms with E-state index in [0.717, 1.165) is 18.6 Å². The van der Waals surface area contributed by atoms with Gasteiger partial charge in [0.1, 0.15) is 5.75 Å². The standard InChI is InChI=1S/C17H22Cl2N2O3/c18-16(19)17(23)21-10-8-13(9-11-21)20-15(22)7-4-12-24-14-5-2-1-3-6-14/h1-3,5-6,13,16H,4,7-12H2,(H,20,22). The minimum Gasteiger partial charge on any atom is -0.494 e. The molecule has 1 heterocycles. The van der Waals surface area contributed by atoms with Crippen molar-refractivity contribution in [2.24, 2.45) is 0 Å². The molecule has 1 aromatic rings. The number of carbonyl (C=O) groups excluding carboxylic acids is 2. The van der Waals surface area contributed by atoms with Crippen molar-refractivity contribution in [1.29, 1.82) is 0 Å². The number of piperidine rings is 1. The molecule has 1 saturated heterocycles. The first-order valence-electron chi connectivity index (χ1n) is 8.10. The Hall–Kier alpha value is -1.46. The molecule has 24 heavy (non-hydrogen) atoms. The van der Waals surface area contributed by atoms with Crippen LogP contribution in [0.3, 0.4) is 0 Å². The second-order valence-electron chi connectivity index (χ2n) is 5.73. The van der Waals surface area contributed by atoms with E-state index in [1.165, 1.54) is 0 Å². The van der Waals surface area contributed by atoms with E-state index < -0.39 is 4.84 Å². The average molecular weight is 373 g/mol. The van der Waals surface area contributed by atoms with Crippen LogP contribution < -0.4 is 10.1 Å². The summed E-state index contributed by atoms with van der Waals surface area (Å²) < 4.78 is 5.56. The summed E-state index contributed by atoms with van der Waals surface area (Å²) in [5, 5.41) is 3.01. The number of benzene rings is 1. The van der Waals surface area contributed by atoms with Gasteiger partial charge in [-0.2, -0.15) is 0 Å². The number of hydrogen-bond acceptors (Lipinski definition) is 3. The van der Waals surface area contributed by atoms with Crippen molar-refractivity contribution < 1.29 is 14.3 Å². The number of rotatable bonds is 7. The van der Waals surface area contributed by atoms with Gasteiger partial charge in [0.25, 0.3) is 5.91 Å². The molecule has 7 heteroatoms. The molecule has 0 unspecified atom stereocenters. The van der Waals surface area contributed by atoms with Crippen molar-refractivity contribution in [2.75, 3.05) is 19.7 Å².